The Morgan fingerprint density at radius 3 is 2.80 bits per heavy atom. The van der Waals surface area contributed by atoms with Crippen LogP contribution in [0.4, 0.5) is 0 Å². The van der Waals surface area contributed by atoms with Gasteiger partial charge >= 0.3 is 0 Å². The predicted molar refractivity (Wildman–Crippen MR) is 98.1 cm³/mol. The number of rotatable bonds is 6. The first-order valence-electron chi connectivity index (χ1n) is 9.84. The molecule has 1 atom stereocenters. The number of amides is 1. The van der Waals surface area contributed by atoms with Gasteiger partial charge in [0.05, 0.1) is 18.3 Å². The van der Waals surface area contributed by atoms with Gasteiger partial charge in [-0.2, -0.15) is 0 Å². The van der Waals surface area contributed by atoms with Gasteiger partial charge in [0, 0.05) is 12.2 Å². The van der Waals surface area contributed by atoms with Gasteiger partial charge in [-0.3, -0.25) is 9.78 Å². The van der Waals surface area contributed by atoms with Crippen LogP contribution in [0.5, 0.6) is 0 Å². The largest absolute Gasteiger partial charge is 0.368 e. The number of nitrogens with one attached hydrogen (secondary N) is 1. The van der Waals surface area contributed by atoms with E-state index in [2.05, 4.69) is 10.3 Å². The maximum atomic E-state index is 13.0. The van der Waals surface area contributed by atoms with E-state index in [-0.39, 0.29) is 24.7 Å². The van der Waals surface area contributed by atoms with E-state index >= 15 is 0 Å². The summed E-state index contributed by atoms with van der Waals surface area (Å²) in [6.07, 6.45) is 11.2. The molecule has 0 spiro atoms. The van der Waals surface area contributed by atoms with Crippen LogP contribution in [0.15, 0.2) is 24.4 Å². The quantitative estimate of drug-likeness (QED) is 0.861. The number of ether oxygens (including phenoxy) is 1. The zero-order valence-corrected chi connectivity index (χ0v) is 15.2. The first-order chi connectivity index (χ1) is 12.3. The van der Waals surface area contributed by atoms with E-state index in [1.807, 2.05) is 23.1 Å². The fourth-order valence-corrected chi connectivity index (χ4v) is 3.90. The van der Waals surface area contributed by atoms with Gasteiger partial charge in [0.25, 0.3) is 0 Å². The number of hydrogen-bond acceptors (Lipinski definition) is 4. The first kappa shape index (κ1) is 18.3. The molecule has 25 heavy (non-hydrogen) atoms. The van der Waals surface area contributed by atoms with Crippen molar-refractivity contribution in [3.63, 3.8) is 0 Å². The first-order valence-corrected chi connectivity index (χ1v) is 9.84. The number of carbonyl (C=O) groups excluding carboxylic acids is 1. The van der Waals surface area contributed by atoms with Gasteiger partial charge in [-0.05, 0) is 57.3 Å². The van der Waals surface area contributed by atoms with Crippen LogP contribution in [-0.4, -0.2) is 47.6 Å². The van der Waals surface area contributed by atoms with E-state index < -0.39 is 0 Å². The third kappa shape index (κ3) is 5.79. The topological polar surface area (TPSA) is 54.5 Å². The van der Waals surface area contributed by atoms with Crippen LogP contribution in [0.2, 0.25) is 0 Å². The Balaban J connectivity index is 1.62. The molecule has 1 aromatic heterocycles. The molecular formula is C20H31N3O2. The average molecular weight is 345 g/mol. The van der Waals surface area contributed by atoms with Crippen LogP contribution in [0.3, 0.4) is 0 Å². The molecule has 3 rings (SSSR count). The van der Waals surface area contributed by atoms with Crippen LogP contribution >= 0.6 is 0 Å². The molecule has 1 saturated carbocycles. The Bertz CT molecular complexity index is 509. The Labute approximate surface area is 151 Å². The predicted octanol–water partition coefficient (Wildman–Crippen LogP) is 2.90. The standard InChI is InChI=1S/C20H31N3O2/c24-20(16-25-19-9-2-1-3-10-19)23(15-17-7-4-5-13-22-17)18-8-6-12-21-14-11-18/h4-5,7,13,18-19,21H,1-3,6,8-12,14-16H2. The molecule has 2 aliphatic rings. The molecule has 1 N–H and O–H groups in total. The second-order valence-electron chi connectivity index (χ2n) is 7.25. The summed E-state index contributed by atoms with van der Waals surface area (Å²) in [5, 5.41) is 3.43. The van der Waals surface area contributed by atoms with Crippen molar-refractivity contribution < 1.29 is 9.53 Å². The molecule has 138 valence electrons. The number of hydrogen-bond donors (Lipinski definition) is 1. The lowest BCUT2D eigenvalue weighted by atomic mass is 9.98. The molecule has 1 saturated heterocycles. The Kier molecular flexibility index (Phi) is 7.24. The van der Waals surface area contributed by atoms with Gasteiger partial charge in [0.2, 0.25) is 5.91 Å². The summed E-state index contributed by atoms with van der Waals surface area (Å²) < 4.78 is 5.96. The average Bonchev–Trinajstić information content (AvgIpc) is 2.95. The number of aromatic nitrogens is 1. The number of carbonyl (C=O) groups is 1. The van der Waals surface area contributed by atoms with Crippen molar-refractivity contribution >= 4 is 5.91 Å². The van der Waals surface area contributed by atoms with Crippen molar-refractivity contribution in [3.8, 4) is 0 Å². The zero-order chi connectivity index (χ0) is 17.3. The molecule has 1 unspecified atom stereocenters. The van der Waals surface area contributed by atoms with Crippen LogP contribution < -0.4 is 5.32 Å². The lowest BCUT2D eigenvalue weighted by molar-refractivity contribution is -0.142. The van der Waals surface area contributed by atoms with E-state index in [1.54, 1.807) is 6.20 Å². The molecule has 0 radical (unpaired) electrons. The normalized spacial score (nSPS) is 22.3. The second-order valence-corrected chi connectivity index (χ2v) is 7.25. The molecule has 2 heterocycles. The Hall–Kier alpha value is -1.46. The molecule has 1 aliphatic carbocycles. The van der Waals surface area contributed by atoms with E-state index in [0.717, 1.165) is 50.9 Å². The second kappa shape index (κ2) is 9.88. The molecule has 1 aliphatic heterocycles. The minimum atomic E-state index is 0.114. The summed E-state index contributed by atoms with van der Waals surface area (Å²) >= 11 is 0. The van der Waals surface area contributed by atoms with Gasteiger partial charge in [-0.15, -0.1) is 0 Å². The molecule has 1 amide bonds. The Morgan fingerprint density at radius 1 is 1.12 bits per heavy atom. The third-order valence-electron chi connectivity index (χ3n) is 5.36. The molecular weight excluding hydrogens is 314 g/mol. The van der Waals surface area contributed by atoms with E-state index in [9.17, 15) is 4.79 Å². The van der Waals surface area contributed by atoms with Crippen LogP contribution in [0, 0.1) is 0 Å². The molecule has 0 bridgehead atoms. The summed E-state index contributed by atoms with van der Waals surface area (Å²) in [5.74, 6) is 0.114. The minimum Gasteiger partial charge on any atom is -0.368 e. The van der Waals surface area contributed by atoms with Crippen LogP contribution in [0.1, 0.15) is 57.1 Å². The van der Waals surface area contributed by atoms with Gasteiger partial charge < -0.3 is 15.0 Å². The lowest BCUT2D eigenvalue weighted by Crippen LogP contribution is -2.43. The van der Waals surface area contributed by atoms with Gasteiger partial charge in [-0.25, -0.2) is 0 Å². The van der Waals surface area contributed by atoms with Gasteiger partial charge in [0.15, 0.2) is 0 Å². The van der Waals surface area contributed by atoms with Crippen molar-refractivity contribution in [1.82, 2.24) is 15.2 Å². The van der Waals surface area contributed by atoms with Crippen molar-refractivity contribution in [2.24, 2.45) is 0 Å². The third-order valence-corrected chi connectivity index (χ3v) is 5.36. The van der Waals surface area contributed by atoms with E-state index in [1.165, 1.54) is 19.3 Å². The summed E-state index contributed by atoms with van der Waals surface area (Å²) in [6.45, 7) is 2.81. The fourth-order valence-electron chi connectivity index (χ4n) is 3.90. The minimum absolute atomic E-state index is 0.114. The highest BCUT2D eigenvalue weighted by atomic mass is 16.5. The summed E-state index contributed by atoms with van der Waals surface area (Å²) in [4.78, 5) is 19.4. The SMILES string of the molecule is O=C(COC1CCCCC1)N(Cc1ccccn1)C1CCCNCC1. The summed E-state index contributed by atoms with van der Waals surface area (Å²) in [7, 11) is 0. The van der Waals surface area contributed by atoms with E-state index in [4.69, 9.17) is 4.74 Å². The molecule has 2 fully saturated rings. The highest BCUT2D eigenvalue weighted by molar-refractivity contribution is 5.77. The lowest BCUT2D eigenvalue weighted by Gasteiger charge is -2.32. The Morgan fingerprint density at radius 2 is 2.00 bits per heavy atom. The highest BCUT2D eigenvalue weighted by Gasteiger charge is 2.26. The molecule has 1 aromatic rings. The van der Waals surface area contributed by atoms with Crippen molar-refractivity contribution in [3.05, 3.63) is 30.1 Å². The fraction of sp³-hybridized carbons (Fsp3) is 0.700. The van der Waals surface area contributed by atoms with Crippen molar-refractivity contribution in [2.45, 2.75) is 70.1 Å². The van der Waals surface area contributed by atoms with Crippen LogP contribution in [0.25, 0.3) is 0 Å². The summed E-state index contributed by atoms with van der Waals surface area (Å²) in [6, 6.07) is 6.17. The zero-order valence-electron chi connectivity index (χ0n) is 15.2. The van der Waals surface area contributed by atoms with Crippen molar-refractivity contribution in [2.75, 3.05) is 19.7 Å². The maximum Gasteiger partial charge on any atom is 0.249 e. The van der Waals surface area contributed by atoms with Crippen molar-refractivity contribution in [1.29, 1.82) is 0 Å². The molecule has 0 aromatic carbocycles. The van der Waals surface area contributed by atoms with Crippen LogP contribution in [-0.2, 0) is 16.1 Å². The monoisotopic (exact) mass is 345 g/mol. The van der Waals surface area contributed by atoms with E-state index in [0.29, 0.717) is 6.54 Å². The highest BCUT2D eigenvalue weighted by Crippen LogP contribution is 2.21. The summed E-state index contributed by atoms with van der Waals surface area (Å²) in [5.41, 5.74) is 0.950. The maximum absolute atomic E-state index is 13.0. The molecule has 5 nitrogen and oxygen atoms in total. The number of nitrogens with zero attached hydrogens (tertiary/aromatic N) is 2. The van der Waals surface area contributed by atoms with Gasteiger partial charge in [-0.1, -0.05) is 25.3 Å². The smallest absolute Gasteiger partial charge is 0.249 e. The molecule has 5 heteroatoms. The van der Waals surface area contributed by atoms with Gasteiger partial charge in [0.1, 0.15) is 6.61 Å². The number of pyridine rings is 1.